The smallest absolute Gasteiger partial charge is 0.336 e. The second-order valence-corrected chi connectivity index (χ2v) is 9.56. The van der Waals surface area contributed by atoms with Crippen LogP contribution in [0.3, 0.4) is 0 Å². The van der Waals surface area contributed by atoms with Gasteiger partial charge in [0.15, 0.2) is 0 Å². The van der Waals surface area contributed by atoms with Crippen LogP contribution in [0.1, 0.15) is 15.9 Å². The zero-order valence-corrected chi connectivity index (χ0v) is 18.5. The van der Waals surface area contributed by atoms with Crippen LogP contribution >= 0.6 is 11.6 Å². The zero-order chi connectivity index (χ0) is 23.8. The predicted molar refractivity (Wildman–Crippen MR) is 112 cm³/mol. The highest BCUT2D eigenvalue weighted by atomic mass is 35.5. The normalized spacial score (nSPS) is 15.6. The molecule has 0 bridgehead atoms. The van der Waals surface area contributed by atoms with Crippen molar-refractivity contribution in [3.05, 3.63) is 71.4 Å². The van der Waals surface area contributed by atoms with Gasteiger partial charge >= 0.3 is 6.18 Å². The summed E-state index contributed by atoms with van der Waals surface area (Å²) in [6.45, 7) is 0.0549. The standard InChI is InChI=1S/C20H17ClF3N5O3S/c21-17-3-2-15(11-16(17)20(22,23)24)33(31,32)29-9-7-27(8-10-29)19(30)14-1-4-18(26-12-14)28-6-5-25-13-28/h1-6,11-13H,7-10H2. The summed E-state index contributed by atoms with van der Waals surface area (Å²) < 4.78 is 67.8. The molecule has 1 amide bonds. The molecule has 0 unspecified atom stereocenters. The first-order valence-corrected chi connectivity index (χ1v) is 11.5. The molecule has 1 aliphatic heterocycles. The molecule has 1 aliphatic rings. The van der Waals surface area contributed by atoms with E-state index in [4.69, 9.17) is 11.6 Å². The van der Waals surface area contributed by atoms with Gasteiger partial charge in [0.1, 0.15) is 12.1 Å². The highest BCUT2D eigenvalue weighted by Crippen LogP contribution is 2.36. The van der Waals surface area contributed by atoms with Gasteiger partial charge in [-0.3, -0.25) is 9.36 Å². The molecule has 0 saturated carbocycles. The van der Waals surface area contributed by atoms with Crippen LogP contribution in [0.4, 0.5) is 13.2 Å². The third-order valence-corrected chi connectivity index (χ3v) is 7.39. The summed E-state index contributed by atoms with van der Waals surface area (Å²) in [5.41, 5.74) is -0.881. The van der Waals surface area contributed by atoms with Gasteiger partial charge in [-0.15, -0.1) is 0 Å². The number of rotatable bonds is 4. The molecule has 13 heteroatoms. The van der Waals surface area contributed by atoms with Gasteiger partial charge in [0.25, 0.3) is 5.91 Å². The molecular formula is C20H17ClF3N5O3S. The fourth-order valence-electron chi connectivity index (χ4n) is 3.41. The van der Waals surface area contributed by atoms with E-state index in [1.165, 1.54) is 11.1 Å². The van der Waals surface area contributed by atoms with Gasteiger partial charge in [-0.2, -0.15) is 17.5 Å². The Morgan fingerprint density at radius 1 is 1.06 bits per heavy atom. The molecule has 1 saturated heterocycles. The molecule has 0 atom stereocenters. The van der Waals surface area contributed by atoms with Crippen molar-refractivity contribution < 1.29 is 26.4 Å². The van der Waals surface area contributed by atoms with Crippen LogP contribution < -0.4 is 0 Å². The van der Waals surface area contributed by atoms with Crippen LogP contribution in [0.5, 0.6) is 0 Å². The van der Waals surface area contributed by atoms with Crippen molar-refractivity contribution in [3.63, 3.8) is 0 Å². The molecule has 8 nitrogen and oxygen atoms in total. The summed E-state index contributed by atoms with van der Waals surface area (Å²) in [7, 11) is -4.19. The van der Waals surface area contributed by atoms with Gasteiger partial charge in [-0.1, -0.05) is 11.6 Å². The lowest BCUT2D eigenvalue weighted by Crippen LogP contribution is -2.50. The maximum absolute atomic E-state index is 13.1. The summed E-state index contributed by atoms with van der Waals surface area (Å²) in [4.78, 5) is 21.9. The van der Waals surface area contributed by atoms with Crippen LogP contribution in [0.15, 0.2) is 60.1 Å². The third kappa shape index (κ3) is 4.72. The van der Waals surface area contributed by atoms with Crippen LogP contribution in [-0.4, -0.2) is 64.2 Å². The minimum absolute atomic E-state index is 0.0569. The Hall–Kier alpha value is -2.96. The quantitative estimate of drug-likeness (QED) is 0.550. The van der Waals surface area contributed by atoms with Gasteiger partial charge in [-0.25, -0.2) is 18.4 Å². The summed E-state index contributed by atoms with van der Waals surface area (Å²) in [5, 5.41) is -0.579. The number of hydrogen-bond donors (Lipinski definition) is 0. The van der Waals surface area contributed by atoms with E-state index in [9.17, 15) is 26.4 Å². The molecule has 2 aromatic heterocycles. The Morgan fingerprint density at radius 3 is 2.36 bits per heavy atom. The number of nitrogens with zero attached hydrogens (tertiary/aromatic N) is 5. The number of hydrogen-bond acceptors (Lipinski definition) is 5. The molecule has 3 heterocycles. The molecule has 174 valence electrons. The number of imidazole rings is 1. The van der Waals surface area contributed by atoms with E-state index in [0.717, 1.165) is 16.4 Å². The number of aromatic nitrogens is 3. The Bertz CT molecular complexity index is 1260. The topological polar surface area (TPSA) is 88.4 Å². The molecular weight excluding hydrogens is 483 g/mol. The summed E-state index contributed by atoms with van der Waals surface area (Å²) >= 11 is 5.59. The Labute approximate surface area is 192 Å². The number of halogens is 4. The van der Waals surface area contributed by atoms with Crippen LogP contribution in [0, 0.1) is 0 Å². The SMILES string of the molecule is O=C(c1ccc(-n2ccnc2)nc1)N1CCN(S(=O)(=O)c2ccc(Cl)c(C(F)(F)F)c2)CC1. The molecule has 0 spiro atoms. The lowest BCUT2D eigenvalue weighted by Gasteiger charge is -2.34. The minimum Gasteiger partial charge on any atom is -0.336 e. The van der Waals surface area contributed by atoms with E-state index in [1.54, 1.807) is 35.4 Å². The number of amides is 1. The van der Waals surface area contributed by atoms with Crippen molar-refractivity contribution in [1.29, 1.82) is 0 Å². The molecule has 33 heavy (non-hydrogen) atoms. The molecule has 0 aliphatic carbocycles. The number of benzene rings is 1. The first-order chi connectivity index (χ1) is 15.6. The fourth-order valence-corrected chi connectivity index (χ4v) is 5.08. The molecule has 1 fully saturated rings. The van der Waals surface area contributed by atoms with Crippen LogP contribution in [0.2, 0.25) is 5.02 Å². The summed E-state index contributed by atoms with van der Waals surface area (Å²) in [6, 6.07) is 5.76. The second-order valence-electron chi connectivity index (χ2n) is 7.21. The lowest BCUT2D eigenvalue weighted by molar-refractivity contribution is -0.137. The maximum atomic E-state index is 13.1. The van der Waals surface area contributed by atoms with E-state index in [2.05, 4.69) is 9.97 Å². The van der Waals surface area contributed by atoms with Gasteiger partial charge in [0.2, 0.25) is 10.0 Å². The summed E-state index contributed by atoms with van der Waals surface area (Å²) in [5.74, 6) is 0.267. The van der Waals surface area contributed by atoms with Crippen molar-refractivity contribution in [2.45, 2.75) is 11.1 Å². The predicted octanol–water partition coefficient (Wildman–Crippen LogP) is 3.09. The number of alkyl halides is 3. The van der Waals surface area contributed by atoms with E-state index in [1.807, 2.05) is 0 Å². The average Bonchev–Trinajstić information content (AvgIpc) is 3.33. The van der Waals surface area contributed by atoms with Crippen molar-refractivity contribution in [1.82, 2.24) is 23.7 Å². The third-order valence-electron chi connectivity index (χ3n) is 5.17. The van der Waals surface area contributed by atoms with Gasteiger partial charge in [0, 0.05) is 44.8 Å². The summed E-state index contributed by atoms with van der Waals surface area (Å²) in [6.07, 6.45) is 1.52. The number of carbonyl (C=O) groups is 1. The molecule has 0 radical (unpaired) electrons. The zero-order valence-electron chi connectivity index (χ0n) is 16.9. The molecule has 4 rings (SSSR count). The van der Waals surface area contributed by atoms with E-state index in [0.29, 0.717) is 17.4 Å². The van der Waals surface area contributed by atoms with Crippen LogP contribution in [0.25, 0.3) is 5.82 Å². The average molecular weight is 500 g/mol. The Balaban J connectivity index is 1.44. The largest absolute Gasteiger partial charge is 0.417 e. The molecule has 3 aromatic rings. The van der Waals surface area contributed by atoms with Gasteiger partial charge < -0.3 is 4.90 Å². The highest BCUT2D eigenvalue weighted by molar-refractivity contribution is 7.89. The maximum Gasteiger partial charge on any atom is 0.417 e. The second kappa shape index (κ2) is 8.76. The van der Waals surface area contributed by atoms with Gasteiger partial charge in [0.05, 0.1) is 21.0 Å². The highest BCUT2D eigenvalue weighted by Gasteiger charge is 2.36. The van der Waals surface area contributed by atoms with Gasteiger partial charge in [-0.05, 0) is 30.3 Å². The number of sulfonamides is 1. The van der Waals surface area contributed by atoms with Crippen molar-refractivity contribution in [2.24, 2.45) is 0 Å². The Kier molecular flexibility index (Phi) is 6.16. The van der Waals surface area contributed by atoms with E-state index >= 15 is 0 Å². The van der Waals surface area contributed by atoms with Crippen molar-refractivity contribution in [3.8, 4) is 5.82 Å². The number of carbonyl (C=O) groups excluding carboxylic acids is 1. The fraction of sp³-hybridized carbons (Fsp3) is 0.250. The Morgan fingerprint density at radius 2 is 1.79 bits per heavy atom. The number of pyridine rings is 1. The molecule has 0 N–H and O–H groups in total. The first kappa shape index (κ1) is 23.2. The molecule has 1 aromatic carbocycles. The van der Waals surface area contributed by atoms with E-state index < -0.39 is 31.7 Å². The lowest BCUT2D eigenvalue weighted by atomic mass is 10.2. The monoisotopic (exact) mass is 499 g/mol. The van der Waals surface area contributed by atoms with Crippen molar-refractivity contribution >= 4 is 27.5 Å². The minimum atomic E-state index is -4.78. The van der Waals surface area contributed by atoms with E-state index in [-0.39, 0.29) is 32.1 Å². The van der Waals surface area contributed by atoms with Crippen LogP contribution in [-0.2, 0) is 16.2 Å². The first-order valence-electron chi connectivity index (χ1n) is 9.68. The number of piperazine rings is 1. The van der Waals surface area contributed by atoms with Crippen molar-refractivity contribution in [2.75, 3.05) is 26.2 Å².